The molecule has 0 fully saturated rings. The Labute approximate surface area is 129 Å². The van der Waals surface area contributed by atoms with Crippen molar-refractivity contribution < 1.29 is 14.3 Å². The predicted octanol–water partition coefficient (Wildman–Crippen LogP) is 3.08. The van der Waals surface area contributed by atoms with Crippen LogP contribution in [-0.4, -0.2) is 19.2 Å². The molecule has 114 valence electrons. The van der Waals surface area contributed by atoms with Crippen LogP contribution in [0.3, 0.4) is 0 Å². The fourth-order valence-corrected chi connectivity index (χ4v) is 2.34. The van der Waals surface area contributed by atoms with E-state index in [2.05, 4.69) is 10.6 Å². The Morgan fingerprint density at radius 2 is 1.91 bits per heavy atom. The molecule has 22 heavy (non-hydrogen) atoms. The molecule has 2 N–H and O–H groups in total. The van der Waals surface area contributed by atoms with Crippen molar-refractivity contribution in [2.24, 2.45) is 0 Å². The summed E-state index contributed by atoms with van der Waals surface area (Å²) in [4.78, 5) is 12.0. The van der Waals surface area contributed by atoms with E-state index >= 15 is 0 Å². The average molecular weight is 298 g/mol. The molecule has 2 aromatic carbocycles. The van der Waals surface area contributed by atoms with E-state index in [4.69, 9.17) is 9.47 Å². The first kappa shape index (κ1) is 14.3. The van der Waals surface area contributed by atoms with Gasteiger partial charge in [0.15, 0.2) is 11.5 Å². The second-order valence-corrected chi connectivity index (χ2v) is 5.29. The van der Waals surface area contributed by atoms with Crippen LogP contribution in [0, 0.1) is 13.8 Å². The number of nitrogens with one attached hydrogen (secondary N) is 2. The summed E-state index contributed by atoms with van der Waals surface area (Å²) in [5.41, 5.74) is 3.88. The Kier molecular flexibility index (Phi) is 3.87. The van der Waals surface area contributed by atoms with E-state index < -0.39 is 0 Å². The van der Waals surface area contributed by atoms with Gasteiger partial charge in [-0.3, -0.25) is 4.79 Å². The molecular formula is C17H18N2O3. The van der Waals surface area contributed by atoms with Gasteiger partial charge in [0, 0.05) is 17.4 Å². The molecule has 0 bridgehead atoms. The maximum atomic E-state index is 12.0. The zero-order valence-corrected chi connectivity index (χ0v) is 12.6. The maximum Gasteiger partial charge on any atom is 0.243 e. The first-order valence-corrected chi connectivity index (χ1v) is 7.12. The molecule has 0 atom stereocenters. The van der Waals surface area contributed by atoms with Crippen molar-refractivity contribution in [1.29, 1.82) is 0 Å². The molecular weight excluding hydrogens is 280 g/mol. The minimum Gasteiger partial charge on any atom is -0.454 e. The van der Waals surface area contributed by atoms with E-state index in [0.717, 1.165) is 22.7 Å². The van der Waals surface area contributed by atoms with Gasteiger partial charge in [0.2, 0.25) is 12.7 Å². The number of rotatable bonds is 4. The van der Waals surface area contributed by atoms with Gasteiger partial charge in [0.1, 0.15) is 0 Å². The van der Waals surface area contributed by atoms with Gasteiger partial charge in [-0.05, 0) is 37.6 Å². The summed E-state index contributed by atoms with van der Waals surface area (Å²) in [6.07, 6.45) is 0. The number of anilines is 2. The van der Waals surface area contributed by atoms with Crippen LogP contribution in [0.5, 0.6) is 11.5 Å². The molecule has 0 unspecified atom stereocenters. The Morgan fingerprint density at radius 1 is 1.09 bits per heavy atom. The highest BCUT2D eigenvalue weighted by molar-refractivity contribution is 5.94. The van der Waals surface area contributed by atoms with E-state index in [0.29, 0.717) is 5.75 Å². The Balaban J connectivity index is 1.58. The Bertz CT molecular complexity index is 713. The first-order valence-electron chi connectivity index (χ1n) is 7.12. The number of hydrogen-bond donors (Lipinski definition) is 2. The second-order valence-electron chi connectivity index (χ2n) is 5.29. The molecule has 0 saturated heterocycles. The zero-order valence-electron chi connectivity index (χ0n) is 12.6. The molecule has 0 spiro atoms. The lowest BCUT2D eigenvalue weighted by molar-refractivity contribution is -0.114. The number of amides is 1. The number of hydrogen-bond acceptors (Lipinski definition) is 4. The number of benzene rings is 2. The standard InChI is InChI=1S/C17H18N2O3/c1-11-3-5-14(12(2)7-11)19-17(20)9-18-13-4-6-15-16(8-13)22-10-21-15/h3-8,18H,9-10H2,1-2H3,(H,19,20). The van der Waals surface area contributed by atoms with Crippen LogP contribution in [0.4, 0.5) is 11.4 Å². The molecule has 5 heteroatoms. The maximum absolute atomic E-state index is 12.0. The SMILES string of the molecule is Cc1ccc(NC(=O)CNc2ccc3c(c2)OCO3)c(C)c1. The minimum absolute atomic E-state index is 0.0929. The van der Waals surface area contributed by atoms with E-state index in [1.54, 1.807) is 0 Å². The third kappa shape index (κ3) is 3.14. The van der Waals surface area contributed by atoms with Crippen LogP contribution in [0.15, 0.2) is 36.4 Å². The molecule has 0 aliphatic carbocycles. The lowest BCUT2D eigenvalue weighted by Crippen LogP contribution is -2.22. The summed E-state index contributed by atoms with van der Waals surface area (Å²) >= 11 is 0. The van der Waals surface area contributed by atoms with Crippen LogP contribution >= 0.6 is 0 Å². The van der Waals surface area contributed by atoms with Crippen molar-refractivity contribution in [2.45, 2.75) is 13.8 Å². The van der Waals surface area contributed by atoms with Crippen molar-refractivity contribution in [3.05, 3.63) is 47.5 Å². The molecule has 1 amide bonds. The summed E-state index contributed by atoms with van der Waals surface area (Å²) in [6, 6.07) is 11.5. The van der Waals surface area contributed by atoms with Crippen LogP contribution in [0.25, 0.3) is 0 Å². The van der Waals surface area contributed by atoms with Crippen molar-refractivity contribution >= 4 is 17.3 Å². The van der Waals surface area contributed by atoms with Crippen LogP contribution in [-0.2, 0) is 4.79 Å². The normalized spacial score (nSPS) is 12.1. The van der Waals surface area contributed by atoms with E-state index in [1.165, 1.54) is 5.56 Å². The number of fused-ring (bicyclic) bond motifs is 1. The van der Waals surface area contributed by atoms with Gasteiger partial charge in [-0.1, -0.05) is 17.7 Å². The third-order valence-electron chi connectivity index (χ3n) is 3.48. The summed E-state index contributed by atoms with van der Waals surface area (Å²) in [5.74, 6) is 1.33. The lowest BCUT2D eigenvalue weighted by Gasteiger charge is -2.10. The van der Waals surface area contributed by atoms with Gasteiger partial charge in [0.05, 0.1) is 6.54 Å². The average Bonchev–Trinajstić information content (AvgIpc) is 2.95. The molecule has 5 nitrogen and oxygen atoms in total. The summed E-state index contributed by atoms with van der Waals surface area (Å²) in [7, 11) is 0. The van der Waals surface area contributed by atoms with Gasteiger partial charge in [-0.2, -0.15) is 0 Å². The lowest BCUT2D eigenvalue weighted by atomic mass is 10.1. The molecule has 2 aromatic rings. The second kappa shape index (κ2) is 5.97. The smallest absolute Gasteiger partial charge is 0.243 e. The van der Waals surface area contributed by atoms with Crippen molar-refractivity contribution in [2.75, 3.05) is 24.0 Å². The monoisotopic (exact) mass is 298 g/mol. The molecule has 0 aromatic heterocycles. The van der Waals surface area contributed by atoms with E-state index in [1.807, 2.05) is 50.2 Å². The summed E-state index contributed by atoms with van der Waals surface area (Å²) < 4.78 is 10.6. The highest BCUT2D eigenvalue weighted by Gasteiger charge is 2.13. The molecule has 1 aliphatic heterocycles. The van der Waals surface area contributed by atoms with E-state index in [9.17, 15) is 4.79 Å². The summed E-state index contributed by atoms with van der Waals surface area (Å²) in [5, 5.41) is 5.98. The fourth-order valence-electron chi connectivity index (χ4n) is 2.34. The van der Waals surface area contributed by atoms with Crippen molar-refractivity contribution in [1.82, 2.24) is 0 Å². The molecule has 0 radical (unpaired) electrons. The van der Waals surface area contributed by atoms with Gasteiger partial charge in [-0.15, -0.1) is 0 Å². The van der Waals surface area contributed by atoms with Crippen LogP contribution < -0.4 is 20.1 Å². The van der Waals surface area contributed by atoms with Gasteiger partial charge >= 0.3 is 0 Å². The fraction of sp³-hybridized carbons (Fsp3) is 0.235. The third-order valence-corrected chi connectivity index (χ3v) is 3.48. The van der Waals surface area contributed by atoms with Gasteiger partial charge in [0.25, 0.3) is 0 Å². The summed E-state index contributed by atoms with van der Waals surface area (Å²) in [6.45, 7) is 4.44. The number of carbonyl (C=O) groups excluding carboxylic acids is 1. The quantitative estimate of drug-likeness (QED) is 0.910. The Hall–Kier alpha value is -2.69. The number of carbonyl (C=O) groups is 1. The van der Waals surface area contributed by atoms with Crippen LogP contribution in [0.1, 0.15) is 11.1 Å². The van der Waals surface area contributed by atoms with E-state index in [-0.39, 0.29) is 19.2 Å². The molecule has 1 aliphatic rings. The first-order chi connectivity index (χ1) is 10.6. The van der Waals surface area contributed by atoms with Crippen LogP contribution in [0.2, 0.25) is 0 Å². The topological polar surface area (TPSA) is 59.6 Å². The number of aryl methyl sites for hydroxylation is 2. The predicted molar refractivity (Wildman–Crippen MR) is 85.6 cm³/mol. The zero-order chi connectivity index (χ0) is 15.5. The number of ether oxygens (including phenoxy) is 2. The largest absolute Gasteiger partial charge is 0.454 e. The highest BCUT2D eigenvalue weighted by atomic mass is 16.7. The van der Waals surface area contributed by atoms with Crippen molar-refractivity contribution in [3.8, 4) is 11.5 Å². The van der Waals surface area contributed by atoms with Crippen molar-refractivity contribution in [3.63, 3.8) is 0 Å². The minimum atomic E-state index is -0.0929. The molecule has 3 rings (SSSR count). The van der Waals surface area contributed by atoms with Gasteiger partial charge in [-0.25, -0.2) is 0 Å². The Morgan fingerprint density at radius 3 is 2.73 bits per heavy atom. The molecule has 0 saturated carbocycles. The highest BCUT2D eigenvalue weighted by Crippen LogP contribution is 2.34. The molecule has 1 heterocycles. The van der Waals surface area contributed by atoms with Gasteiger partial charge < -0.3 is 20.1 Å².